The first kappa shape index (κ1) is 16.1. The van der Waals surface area contributed by atoms with Crippen molar-refractivity contribution in [2.45, 2.75) is 0 Å². The van der Waals surface area contributed by atoms with Gasteiger partial charge in [0.25, 0.3) is 0 Å². The van der Waals surface area contributed by atoms with E-state index in [-0.39, 0.29) is 11.6 Å². The van der Waals surface area contributed by atoms with Crippen LogP contribution >= 0.6 is 38.6 Å². The van der Waals surface area contributed by atoms with Gasteiger partial charge in [-0.3, -0.25) is 9.59 Å². The van der Waals surface area contributed by atoms with Crippen molar-refractivity contribution < 1.29 is 9.59 Å². The van der Waals surface area contributed by atoms with Crippen molar-refractivity contribution in [2.24, 2.45) is 0 Å². The van der Waals surface area contributed by atoms with Crippen molar-refractivity contribution in [3.8, 4) is 0 Å². The Hall–Kier alpha value is -1.82. The molecule has 2 nitrogen and oxygen atoms in total. The molecule has 0 spiro atoms. The molecular weight excluding hydrogens is 392 g/mol. The van der Waals surface area contributed by atoms with E-state index in [4.69, 9.17) is 0 Å². The number of Topliss-reactive ketones (excluding diaryl/α,β-unsaturated/α-hetero) is 1. The molecule has 0 fully saturated rings. The normalized spacial score (nSPS) is 11.4. The topological polar surface area (TPSA) is 34.1 Å². The summed E-state index contributed by atoms with van der Waals surface area (Å²) in [6.07, 6.45) is 1.44. The fourth-order valence-corrected chi connectivity index (χ4v) is 3.63. The van der Waals surface area contributed by atoms with Gasteiger partial charge in [-0.2, -0.15) is 11.3 Å². The number of hydrogen-bond donors (Lipinski definition) is 0. The molecule has 0 amide bonds. The van der Waals surface area contributed by atoms with Gasteiger partial charge < -0.3 is 0 Å². The van der Waals surface area contributed by atoms with Crippen molar-refractivity contribution in [3.63, 3.8) is 0 Å². The summed E-state index contributed by atoms with van der Waals surface area (Å²) in [7, 11) is 0. The van der Waals surface area contributed by atoms with E-state index in [0.717, 1.165) is 10.0 Å². The Balaban J connectivity index is 2.01. The minimum absolute atomic E-state index is 0.147. The number of carbonyl (C=O) groups is 2. The Bertz CT molecular complexity index is 845. The Morgan fingerprint density at radius 3 is 2.35 bits per heavy atom. The molecule has 0 unspecified atom stereocenters. The Morgan fingerprint density at radius 2 is 1.74 bits per heavy atom. The van der Waals surface area contributed by atoms with E-state index >= 15 is 0 Å². The second kappa shape index (κ2) is 7.17. The zero-order valence-electron chi connectivity index (χ0n) is 11.9. The molecule has 0 bridgehead atoms. The molecule has 0 N–H and O–H groups in total. The van der Waals surface area contributed by atoms with Gasteiger partial charge in [0.15, 0.2) is 11.6 Å². The van der Waals surface area contributed by atoms with Crippen LogP contribution in [0.5, 0.6) is 0 Å². The lowest BCUT2D eigenvalue weighted by molar-refractivity contribution is 0.103. The van der Waals surface area contributed by atoms with Crippen molar-refractivity contribution in [3.05, 3.63) is 85.2 Å². The number of thiophene rings is 2. The van der Waals surface area contributed by atoms with E-state index < -0.39 is 0 Å². The number of ketones is 2. The van der Waals surface area contributed by atoms with Crippen LogP contribution < -0.4 is 0 Å². The molecule has 2 aromatic heterocycles. The minimum atomic E-state index is -0.152. The number of carbonyl (C=O) groups excluding carboxylic acids is 2. The summed E-state index contributed by atoms with van der Waals surface area (Å²) in [6.45, 7) is 0. The number of allylic oxidation sites excluding steroid dienone is 2. The van der Waals surface area contributed by atoms with Gasteiger partial charge in [-0.05, 0) is 64.2 Å². The van der Waals surface area contributed by atoms with Gasteiger partial charge in [0.1, 0.15) is 0 Å². The lowest BCUT2D eigenvalue weighted by Crippen LogP contribution is -2.05. The first-order chi connectivity index (χ1) is 11.1. The summed E-state index contributed by atoms with van der Waals surface area (Å²) in [4.78, 5) is 25.8. The standard InChI is InChI=1S/C18H11BrO2S2/c19-14-5-3-12(4-6-14)18(21)15(13-7-9-22-11-13)10-16(20)17-2-1-8-23-17/h1-11H/b15-10+. The molecule has 3 rings (SSSR count). The van der Waals surface area contributed by atoms with E-state index in [1.165, 1.54) is 28.7 Å². The van der Waals surface area contributed by atoms with Gasteiger partial charge in [-0.25, -0.2) is 0 Å². The highest BCUT2D eigenvalue weighted by Gasteiger charge is 2.17. The molecule has 0 atom stereocenters. The summed E-state index contributed by atoms with van der Waals surface area (Å²) < 4.78 is 0.907. The van der Waals surface area contributed by atoms with Crippen molar-refractivity contribution >= 4 is 55.7 Å². The molecular formula is C18H11BrO2S2. The van der Waals surface area contributed by atoms with Crippen LogP contribution in [0.15, 0.2) is 69.2 Å². The Morgan fingerprint density at radius 1 is 0.957 bits per heavy atom. The SMILES string of the molecule is O=C(/C(=C/C(=O)c1cccs1)c1ccsc1)c1ccc(Br)cc1. The Kier molecular flexibility index (Phi) is 5.00. The molecule has 5 heteroatoms. The van der Waals surface area contributed by atoms with Gasteiger partial charge in [0.05, 0.1) is 4.88 Å². The molecule has 23 heavy (non-hydrogen) atoms. The third kappa shape index (κ3) is 3.75. The third-order valence-corrected chi connectivity index (χ3v) is 5.32. The number of benzene rings is 1. The van der Waals surface area contributed by atoms with Gasteiger partial charge in [-0.15, -0.1) is 11.3 Å². The van der Waals surface area contributed by atoms with Gasteiger partial charge in [0.2, 0.25) is 0 Å². The highest BCUT2D eigenvalue weighted by atomic mass is 79.9. The zero-order valence-corrected chi connectivity index (χ0v) is 15.1. The van der Waals surface area contributed by atoms with E-state index in [1.807, 2.05) is 40.4 Å². The van der Waals surface area contributed by atoms with Gasteiger partial charge >= 0.3 is 0 Å². The predicted octanol–water partition coefficient (Wildman–Crippen LogP) is 5.72. The lowest BCUT2D eigenvalue weighted by atomic mass is 9.97. The molecule has 0 aliphatic rings. The molecule has 0 radical (unpaired) electrons. The maximum Gasteiger partial charge on any atom is 0.196 e. The maximum absolute atomic E-state index is 12.8. The lowest BCUT2D eigenvalue weighted by Gasteiger charge is -2.05. The molecule has 0 saturated carbocycles. The van der Waals surface area contributed by atoms with Crippen LogP contribution in [0.25, 0.3) is 5.57 Å². The summed E-state index contributed by atoms with van der Waals surface area (Å²) in [5.74, 6) is -0.299. The van der Waals surface area contributed by atoms with E-state index in [9.17, 15) is 9.59 Å². The maximum atomic E-state index is 12.8. The second-order valence-electron chi connectivity index (χ2n) is 4.75. The zero-order chi connectivity index (χ0) is 16.2. The van der Waals surface area contributed by atoms with Crippen LogP contribution in [0.2, 0.25) is 0 Å². The molecule has 2 heterocycles. The van der Waals surface area contributed by atoms with E-state index in [0.29, 0.717) is 16.0 Å². The highest BCUT2D eigenvalue weighted by Crippen LogP contribution is 2.24. The molecule has 0 saturated heterocycles. The summed E-state index contributed by atoms with van der Waals surface area (Å²) in [5, 5.41) is 5.62. The summed E-state index contributed by atoms with van der Waals surface area (Å²) in [6, 6.07) is 12.6. The minimum Gasteiger partial charge on any atom is -0.289 e. The van der Waals surface area contributed by atoms with Crippen LogP contribution in [0, 0.1) is 0 Å². The summed E-state index contributed by atoms with van der Waals surface area (Å²) in [5.41, 5.74) is 1.75. The molecule has 114 valence electrons. The fraction of sp³-hybridized carbons (Fsp3) is 0. The van der Waals surface area contributed by atoms with Gasteiger partial charge in [-0.1, -0.05) is 22.0 Å². The second-order valence-corrected chi connectivity index (χ2v) is 7.39. The third-order valence-electron chi connectivity index (χ3n) is 3.22. The smallest absolute Gasteiger partial charge is 0.196 e. The number of halogens is 1. The number of hydrogen-bond acceptors (Lipinski definition) is 4. The van der Waals surface area contributed by atoms with E-state index in [1.54, 1.807) is 18.2 Å². The quantitative estimate of drug-likeness (QED) is 0.403. The van der Waals surface area contributed by atoms with Crippen LogP contribution in [-0.4, -0.2) is 11.6 Å². The van der Waals surface area contributed by atoms with Crippen molar-refractivity contribution in [1.29, 1.82) is 0 Å². The van der Waals surface area contributed by atoms with Crippen LogP contribution in [-0.2, 0) is 0 Å². The molecule has 0 aliphatic carbocycles. The van der Waals surface area contributed by atoms with Crippen molar-refractivity contribution in [1.82, 2.24) is 0 Å². The average Bonchev–Trinajstić information content (AvgIpc) is 3.25. The molecule has 3 aromatic rings. The first-order valence-electron chi connectivity index (χ1n) is 6.77. The van der Waals surface area contributed by atoms with Crippen molar-refractivity contribution in [2.75, 3.05) is 0 Å². The highest BCUT2D eigenvalue weighted by molar-refractivity contribution is 9.10. The van der Waals surface area contributed by atoms with E-state index in [2.05, 4.69) is 15.9 Å². The monoisotopic (exact) mass is 402 g/mol. The predicted molar refractivity (Wildman–Crippen MR) is 99.4 cm³/mol. The van der Waals surface area contributed by atoms with Crippen LogP contribution in [0.3, 0.4) is 0 Å². The summed E-state index contributed by atoms with van der Waals surface area (Å²) >= 11 is 6.23. The Labute approximate surface area is 150 Å². The number of rotatable bonds is 5. The fourth-order valence-electron chi connectivity index (χ4n) is 2.08. The van der Waals surface area contributed by atoms with Gasteiger partial charge in [0, 0.05) is 15.6 Å². The molecule has 0 aliphatic heterocycles. The average molecular weight is 403 g/mol. The molecule has 1 aromatic carbocycles. The first-order valence-corrected chi connectivity index (χ1v) is 9.39. The van der Waals surface area contributed by atoms with Crippen LogP contribution in [0.1, 0.15) is 25.6 Å². The largest absolute Gasteiger partial charge is 0.289 e. The van der Waals surface area contributed by atoms with Crippen LogP contribution in [0.4, 0.5) is 0 Å².